The molecular weight excluding hydrogens is 331 g/mol. The molecule has 1 heterocycles. The summed E-state index contributed by atoms with van der Waals surface area (Å²) in [5, 5.41) is 13.2. The van der Waals surface area contributed by atoms with E-state index < -0.39 is 0 Å². The zero-order valence-corrected chi connectivity index (χ0v) is 15.8. The lowest BCUT2D eigenvalue weighted by molar-refractivity contribution is -0.131. The zero-order valence-electron chi connectivity index (χ0n) is 15.8. The van der Waals surface area contributed by atoms with Crippen molar-refractivity contribution in [1.29, 1.82) is 5.26 Å². The summed E-state index contributed by atoms with van der Waals surface area (Å²) in [7, 11) is 1.77. The molecule has 0 bridgehead atoms. The molecule has 0 radical (unpaired) electrons. The number of halogens is 1. The van der Waals surface area contributed by atoms with Crippen molar-refractivity contribution in [3.05, 3.63) is 52.6 Å². The Morgan fingerprint density at radius 2 is 2.00 bits per heavy atom. The molecule has 0 saturated carbocycles. The van der Waals surface area contributed by atoms with E-state index in [4.69, 9.17) is 5.26 Å². The van der Waals surface area contributed by atoms with Crippen LogP contribution in [0.1, 0.15) is 48.3 Å². The van der Waals surface area contributed by atoms with Crippen molar-refractivity contribution in [2.45, 2.75) is 52.6 Å². The fourth-order valence-electron chi connectivity index (χ4n) is 3.06. The molecular formula is C20H25FN4O. The fourth-order valence-corrected chi connectivity index (χ4v) is 3.06. The number of aromatic nitrogens is 2. The van der Waals surface area contributed by atoms with Crippen LogP contribution in [0.15, 0.2) is 24.3 Å². The second-order valence-electron chi connectivity index (χ2n) is 6.51. The number of aryl methyl sites for hydroxylation is 2. The van der Waals surface area contributed by atoms with Crippen LogP contribution in [0.5, 0.6) is 0 Å². The molecule has 0 spiro atoms. The van der Waals surface area contributed by atoms with Crippen molar-refractivity contribution in [2.24, 2.45) is 0 Å². The normalized spacial score (nSPS) is 11.8. The van der Waals surface area contributed by atoms with Gasteiger partial charge in [0.25, 0.3) is 0 Å². The number of benzene rings is 1. The summed E-state index contributed by atoms with van der Waals surface area (Å²) in [5.41, 5.74) is 3.89. The Bertz CT molecular complexity index is 804. The van der Waals surface area contributed by atoms with Crippen LogP contribution in [0, 0.1) is 31.0 Å². The maximum atomic E-state index is 13.1. The molecule has 0 fully saturated rings. The van der Waals surface area contributed by atoms with Crippen LogP contribution in [-0.4, -0.2) is 27.6 Å². The molecule has 5 nitrogen and oxygen atoms in total. The highest BCUT2D eigenvalue weighted by atomic mass is 19.1. The van der Waals surface area contributed by atoms with E-state index in [0.717, 1.165) is 22.5 Å². The lowest BCUT2D eigenvalue weighted by atomic mass is 10.0. The monoisotopic (exact) mass is 356 g/mol. The van der Waals surface area contributed by atoms with Crippen LogP contribution >= 0.6 is 0 Å². The average Bonchev–Trinajstić information content (AvgIpc) is 2.90. The van der Waals surface area contributed by atoms with E-state index >= 15 is 0 Å². The summed E-state index contributed by atoms with van der Waals surface area (Å²) < 4.78 is 14.9. The van der Waals surface area contributed by atoms with Crippen LogP contribution in [0.3, 0.4) is 0 Å². The molecule has 0 aliphatic heterocycles. The first-order valence-corrected chi connectivity index (χ1v) is 8.76. The van der Waals surface area contributed by atoms with Gasteiger partial charge >= 0.3 is 0 Å². The zero-order chi connectivity index (χ0) is 19.3. The number of hydrogen-bond acceptors (Lipinski definition) is 3. The van der Waals surface area contributed by atoms with Gasteiger partial charge in [-0.15, -0.1) is 0 Å². The summed E-state index contributed by atoms with van der Waals surface area (Å²) in [4.78, 5) is 14.3. The van der Waals surface area contributed by atoms with Crippen molar-refractivity contribution in [3.63, 3.8) is 0 Å². The number of rotatable bonds is 7. The van der Waals surface area contributed by atoms with Crippen LogP contribution in [-0.2, 0) is 17.8 Å². The molecule has 0 aliphatic carbocycles. The van der Waals surface area contributed by atoms with E-state index in [1.807, 2.05) is 25.5 Å². The molecule has 2 aromatic rings. The third kappa shape index (κ3) is 4.48. The van der Waals surface area contributed by atoms with Crippen LogP contribution in [0.2, 0.25) is 0 Å². The quantitative estimate of drug-likeness (QED) is 0.760. The van der Waals surface area contributed by atoms with Crippen molar-refractivity contribution in [2.75, 3.05) is 7.05 Å². The molecule has 26 heavy (non-hydrogen) atoms. The summed E-state index contributed by atoms with van der Waals surface area (Å²) in [6.45, 7) is 6.41. The third-order valence-corrected chi connectivity index (χ3v) is 4.88. The molecule has 0 aliphatic rings. The summed E-state index contributed by atoms with van der Waals surface area (Å²) in [5.74, 6) is -0.250. The Balaban J connectivity index is 2.00. The molecule has 1 aromatic heterocycles. The number of amides is 1. The van der Waals surface area contributed by atoms with Crippen molar-refractivity contribution >= 4 is 5.91 Å². The Morgan fingerprint density at radius 3 is 2.62 bits per heavy atom. The first-order valence-electron chi connectivity index (χ1n) is 8.76. The van der Waals surface area contributed by atoms with Crippen molar-refractivity contribution in [3.8, 4) is 6.07 Å². The number of hydrogen-bond donors (Lipinski definition) is 0. The highest BCUT2D eigenvalue weighted by Gasteiger charge is 2.19. The summed E-state index contributed by atoms with van der Waals surface area (Å²) in [6, 6.07) is 8.23. The summed E-state index contributed by atoms with van der Waals surface area (Å²) in [6.07, 6.45) is 1.41. The highest BCUT2D eigenvalue weighted by molar-refractivity contribution is 5.76. The highest BCUT2D eigenvalue weighted by Crippen LogP contribution is 2.21. The van der Waals surface area contributed by atoms with E-state index in [9.17, 15) is 9.18 Å². The molecule has 0 saturated heterocycles. The molecule has 6 heteroatoms. The molecule has 1 aromatic carbocycles. The maximum Gasteiger partial charge on any atom is 0.223 e. The Hall–Kier alpha value is -2.68. The number of carbonyl (C=O) groups excluding carboxylic acids is 1. The molecule has 138 valence electrons. The molecule has 1 amide bonds. The minimum Gasteiger partial charge on any atom is -0.339 e. The van der Waals surface area contributed by atoms with E-state index in [1.54, 1.807) is 24.1 Å². The topological polar surface area (TPSA) is 61.9 Å². The van der Waals surface area contributed by atoms with Crippen LogP contribution in [0.25, 0.3) is 0 Å². The van der Waals surface area contributed by atoms with E-state index in [-0.39, 0.29) is 17.8 Å². The van der Waals surface area contributed by atoms with Crippen LogP contribution in [0.4, 0.5) is 4.39 Å². The third-order valence-electron chi connectivity index (χ3n) is 4.88. The van der Waals surface area contributed by atoms with Gasteiger partial charge in [-0.05, 0) is 50.5 Å². The minimum absolute atomic E-state index is 0.0328. The molecule has 1 atom stereocenters. The van der Waals surface area contributed by atoms with Crippen LogP contribution < -0.4 is 0 Å². The van der Waals surface area contributed by atoms with Gasteiger partial charge in [-0.25, -0.2) is 4.39 Å². The van der Waals surface area contributed by atoms with Gasteiger partial charge in [0.05, 0.1) is 30.8 Å². The first-order chi connectivity index (χ1) is 12.3. The number of carbonyl (C=O) groups is 1. The molecule has 1 unspecified atom stereocenters. The van der Waals surface area contributed by atoms with Gasteiger partial charge in [-0.2, -0.15) is 10.4 Å². The van der Waals surface area contributed by atoms with Gasteiger partial charge in [0, 0.05) is 19.2 Å². The second kappa shape index (κ2) is 8.61. The predicted octanol–water partition coefficient (Wildman–Crippen LogP) is 3.70. The smallest absolute Gasteiger partial charge is 0.223 e. The van der Waals surface area contributed by atoms with Gasteiger partial charge in [-0.1, -0.05) is 12.1 Å². The summed E-state index contributed by atoms with van der Waals surface area (Å²) >= 11 is 0. The predicted molar refractivity (Wildman–Crippen MR) is 97.8 cm³/mol. The lowest BCUT2D eigenvalue weighted by Crippen LogP contribution is -2.29. The van der Waals surface area contributed by atoms with Crippen molar-refractivity contribution in [1.82, 2.24) is 14.7 Å². The van der Waals surface area contributed by atoms with Crippen molar-refractivity contribution < 1.29 is 9.18 Å². The Morgan fingerprint density at radius 1 is 1.35 bits per heavy atom. The second-order valence-corrected chi connectivity index (χ2v) is 6.51. The largest absolute Gasteiger partial charge is 0.339 e. The van der Waals surface area contributed by atoms with E-state index in [2.05, 4.69) is 11.2 Å². The Kier molecular flexibility index (Phi) is 6.51. The standard InChI is InChI=1S/C20H25FN4O/c1-14-19(16(3)25(23-14)13-5-12-22)10-11-20(26)24(4)15(2)17-6-8-18(21)9-7-17/h6-9,15H,5,10-11,13H2,1-4H3. The van der Waals surface area contributed by atoms with Gasteiger partial charge in [-0.3, -0.25) is 9.48 Å². The lowest BCUT2D eigenvalue weighted by Gasteiger charge is -2.25. The van der Waals surface area contributed by atoms with E-state index in [0.29, 0.717) is 25.8 Å². The number of nitriles is 1. The van der Waals surface area contributed by atoms with Gasteiger partial charge in [0.15, 0.2) is 0 Å². The van der Waals surface area contributed by atoms with E-state index in [1.165, 1.54) is 12.1 Å². The van der Waals surface area contributed by atoms with Gasteiger partial charge < -0.3 is 4.90 Å². The number of nitrogens with zero attached hydrogens (tertiary/aromatic N) is 4. The average molecular weight is 356 g/mol. The fraction of sp³-hybridized carbons (Fsp3) is 0.450. The van der Waals surface area contributed by atoms with Gasteiger partial charge in [0.2, 0.25) is 5.91 Å². The first kappa shape index (κ1) is 19.6. The van der Waals surface area contributed by atoms with Gasteiger partial charge in [0.1, 0.15) is 5.82 Å². The molecule has 0 N–H and O–H groups in total. The SMILES string of the molecule is Cc1nn(CCC#N)c(C)c1CCC(=O)N(C)C(C)c1ccc(F)cc1. The minimum atomic E-state index is -0.283. The molecule has 2 rings (SSSR count). The maximum absolute atomic E-state index is 13.1. The Labute approximate surface area is 154 Å².